The maximum absolute atomic E-state index is 13.0. The van der Waals surface area contributed by atoms with Crippen LogP contribution >= 0.6 is 0 Å². The highest BCUT2D eigenvalue weighted by molar-refractivity contribution is 6.08. The summed E-state index contributed by atoms with van der Waals surface area (Å²) in [5.74, 6) is 0.970. The molecule has 0 unspecified atom stereocenters. The van der Waals surface area contributed by atoms with Crippen molar-refractivity contribution in [1.29, 1.82) is 0 Å². The number of hydrazone groups is 1. The van der Waals surface area contributed by atoms with Crippen LogP contribution < -0.4 is 10.1 Å². The molecule has 7 nitrogen and oxygen atoms in total. The van der Waals surface area contributed by atoms with E-state index in [4.69, 9.17) is 9.15 Å². The largest absolute Gasteiger partial charge is 0.497 e. The summed E-state index contributed by atoms with van der Waals surface area (Å²) < 4.78 is 11.0. The van der Waals surface area contributed by atoms with Gasteiger partial charge in [-0.2, -0.15) is 5.10 Å². The summed E-state index contributed by atoms with van der Waals surface area (Å²) in [6, 6.07) is 14.0. The molecule has 1 fully saturated rings. The Kier molecular flexibility index (Phi) is 4.58. The third-order valence-electron chi connectivity index (χ3n) is 5.17. The maximum atomic E-state index is 13.0. The lowest BCUT2D eigenvalue weighted by Gasteiger charge is -2.21. The zero-order valence-corrected chi connectivity index (χ0v) is 16.4. The lowest BCUT2D eigenvalue weighted by atomic mass is 9.92. The van der Waals surface area contributed by atoms with Crippen LogP contribution in [-0.2, 0) is 16.8 Å². The topological polar surface area (TPSA) is 84.1 Å². The first-order chi connectivity index (χ1) is 14.0. The third kappa shape index (κ3) is 3.04. The number of imide groups is 1. The van der Waals surface area contributed by atoms with E-state index in [1.807, 2.05) is 31.2 Å². The molecule has 2 heterocycles. The molecule has 7 heteroatoms. The molecule has 1 atom stereocenters. The summed E-state index contributed by atoms with van der Waals surface area (Å²) >= 11 is 0. The quantitative estimate of drug-likeness (QED) is 0.530. The summed E-state index contributed by atoms with van der Waals surface area (Å²) in [5, 5.41) is 8.70. The Labute approximate surface area is 167 Å². The standard InChI is InChI=1S/C22H21N3O4/c1-4-18-17(16-7-5-6-8-19(16)29-18)13-23-25-20(26)22(2,24-21(25)27)14-9-11-15(28-3)12-10-14/h5-13H,4H2,1-3H3,(H,24,27)/b23-13-/t22-/m1/s1. The molecule has 1 aliphatic heterocycles. The molecule has 0 radical (unpaired) electrons. The van der Waals surface area contributed by atoms with Crippen molar-refractivity contribution in [3.8, 4) is 5.75 Å². The molecule has 0 aliphatic carbocycles. The zero-order chi connectivity index (χ0) is 20.6. The van der Waals surface area contributed by atoms with Crippen molar-refractivity contribution in [3.63, 3.8) is 0 Å². The van der Waals surface area contributed by atoms with Gasteiger partial charge in [-0.05, 0) is 30.7 Å². The third-order valence-corrected chi connectivity index (χ3v) is 5.17. The molecule has 3 amide bonds. The highest BCUT2D eigenvalue weighted by Crippen LogP contribution is 2.31. The van der Waals surface area contributed by atoms with Gasteiger partial charge in [0.05, 0.1) is 13.3 Å². The van der Waals surface area contributed by atoms with Gasteiger partial charge in [0.25, 0.3) is 5.91 Å². The Morgan fingerprint density at radius 2 is 1.90 bits per heavy atom. The van der Waals surface area contributed by atoms with Crippen molar-refractivity contribution in [2.24, 2.45) is 5.10 Å². The van der Waals surface area contributed by atoms with Crippen LogP contribution in [-0.4, -0.2) is 30.3 Å². The van der Waals surface area contributed by atoms with E-state index in [0.29, 0.717) is 17.7 Å². The minimum atomic E-state index is -1.20. The van der Waals surface area contributed by atoms with Gasteiger partial charge in [0.15, 0.2) is 0 Å². The second-order valence-electron chi connectivity index (χ2n) is 6.93. The molecule has 148 valence electrons. The number of rotatable bonds is 5. The van der Waals surface area contributed by atoms with Crippen LogP contribution in [0.15, 0.2) is 58.0 Å². The fraction of sp³-hybridized carbons (Fsp3) is 0.227. The number of nitrogens with one attached hydrogen (secondary N) is 1. The first-order valence-electron chi connectivity index (χ1n) is 9.33. The number of furan rings is 1. The number of aryl methyl sites for hydroxylation is 1. The zero-order valence-electron chi connectivity index (χ0n) is 16.4. The molecule has 1 N–H and O–H groups in total. The van der Waals surface area contributed by atoms with Crippen LogP contribution in [0.5, 0.6) is 5.75 Å². The van der Waals surface area contributed by atoms with Crippen LogP contribution in [0, 0.1) is 0 Å². The minimum Gasteiger partial charge on any atom is -0.497 e. The van der Waals surface area contributed by atoms with E-state index < -0.39 is 17.5 Å². The number of urea groups is 1. The smallest absolute Gasteiger partial charge is 0.346 e. The SMILES string of the molecule is CCc1oc2ccccc2c1/C=N\N1C(=O)N[C@](C)(c2ccc(OC)cc2)C1=O. The van der Waals surface area contributed by atoms with Gasteiger partial charge in [0, 0.05) is 17.4 Å². The highest BCUT2D eigenvalue weighted by atomic mass is 16.5. The maximum Gasteiger partial charge on any atom is 0.346 e. The number of benzene rings is 2. The van der Waals surface area contributed by atoms with Crippen LogP contribution in [0.1, 0.15) is 30.7 Å². The van der Waals surface area contributed by atoms with Crippen molar-refractivity contribution in [2.75, 3.05) is 7.11 Å². The van der Waals surface area contributed by atoms with Crippen LogP contribution in [0.3, 0.4) is 0 Å². The lowest BCUT2D eigenvalue weighted by molar-refractivity contribution is -0.131. The van der Waals surface area contributed by atoms with Gasteiger partial charge in [-0.25, -0.2) is 4.79 Å². The molecule has 29 heavy (non-hydrogen) atoms. The van der Waals surface area contributed by atoms with Gasteiger partial charge in [-0.15, -0.1) is 5.01 Å². The number of carbonyl (C=O) groups excluding carboxylic acids is 2. The predicted molar refractivity (Wildman–Crippen MR) is 109 cm³/mol. The molecule has 4 rings (SSSR count). The van der Waals surface area contributed by atoms with Crippen LogP contribution in [0.25, 0.3) is 11.0 Å². The number of hydrogen-bond acceptors (Lipinski definition) is 5. The second kappa shape index (κ2) is 7.09. The molecule has 1 aromatic heterocycles. The molecule has 3 aromatic rings. The summed E-state index contributed by atoms with van der Waals surface area (Å²) in [6.45, 7) is 3.64. The Hall–Kier alpha value is -3.61. The van der Waals surface area contributed by atoms with E-state index in [2.05, 4.69) is 10.4 Å². The fourth-order valence-corrected chi connectivity index (χ4v) is 3.48. The Morgan fingerprint density at radius 3 is 2.59 bits per heavy atom. The second-order valence-corrected chi connectivity index (χ2v) is 6.93. The number of fused-ring (bicyclic) bond motifs is 1. The first-order valence-corrected chi connectivity index (χ1v) is 9.33. The van der Waals surface area contributed by atoms with Crippen LogP contribution in [0.4, 0.5) is 4.79 Å². The van der Waals surface area contributed by atoms with Gasteiger partial charge >= 0.3 is 6.03 Å². The fourth-order valence-electron chi connectivity index (χ4n) is 3.48. The number of amides is 3. The number of methoxy groups -OCH3 is 1. The summed E-state index contributed by atoms with van der Waals surface area (Å²) in [5.41, 5.74) is 0.956. The van der Waals surface area contributed by atoms with Gasteiger partial charge in [-0.3, -0.25) is 4.79 Å². The summed E-state index contributed by atoms with van der Waals surface area (Å²) in [7, 11) is 1.57. The van der Waals surface area contributed by atoms with Gasteiger partial charge < -0.3 is 14.5 Å². The summed E-state index contributed by atoms with van der Waals surface area (Å²) in [6.07, 6.45) is 2.18. The average molecular weight is 391 g/mol. The summed E-state index contributed by atoms with van der Waals surface area (Å²) in [4.78, 5) is 25.6. The van der Waals surface area contributed by atoms with E-state index in [0.717, 1.165) is 27.3 Å². The predicted octanol–water partition coefficient (Wildman–Crippen LogP) is 3.80. The van der Waals surface area contributed by atoms with Crippen molar-refractivity contribution >= 4 is 29.1 Å². The molecule has 1 aliphatic rings. The van der Waals surface area contributed by atoms with Crippen molar-refractivity contribution in [1.82, 2.24) is 10.3 Å². The molecule has 2 aromatic carbocycles. The Bertz CT molecular complexity index is 1120. The minimum absolute atomic E-state index is 0.449. The number of nitrogens with zero attached hydrogens (tertiary/aromatic N) is 2. The monoisotopic (exact) mass is 391 g/mol. The van der Waals surface area contributed by atoms with Crippen LogP contribution in [0.2, 0.25) is 0 Å². The highest BCUT2D eigenvalue weighted by Gasteiger charge is 2.49. The molecule has 0 spiro atoms. The molecular weight excluding hydrogens is 370 g/mol. The first kappa shape index (κ1) is 18.7. The van der Waals surface area contributed by atoms with Gasteiger partial charge in [0.1, 0.15) is 22.6 Å². The number of ether oxygens (including phenoxy) is 1. The van der Waals surface area contributed by atoms with Crippen molar-refractivity contribution in [3.05, 3.63) is 65.4 Å². The molecule has 0 saturated carbocycles. The van der Waals surface area contributed by atoms with Gasteiger partial charge in [0.2, 0.25) is 0 Å². The normalized spacial score (nSPS) is 19.3. The van der Waals surface area contributed by atoms with Crippen molar-refractivity contribution < 1.29 is 18.7 Å². The molecular formula is C22H21N3O4. The van der Waals surface area contributed by atoms with E-state index in [1.165, 1.54) is 6.21 Å². The van der Waals surface area contributed by atoms with E-state index in [-0.39, 0.29) is 0 Å². The molecule has 1 saturated heterocycles. The number of carbonyl (C=O) groups is 2. The number of hydrogen-bond donors (Lipinski definition) is 1. The van der Waals surface area contributed by atoms with Gasteiger partial charge in [-0.1, -0.05) is 37.3 Å². The number of para-hydroxylation sites is 1. The Balaban J connectivity index is 1.66. The average Bonchev–Trinajstić information content (AvgIpc) is 3.21. The Morgan fingerprint density at radius 1 is 1.17 bits per heavy atom. The van der Waals surface area contributed by atoms with Crippen molar-refractivity contribution in [2.45, 2.75) is 25.8 Å². The van der Waals surface area contributed by atoms with E-state index in [9.17, 15) is 9.59 Å². The lowest BCUT2D eigenvalue weighted by Crippen LogP contribution is -2.40. The van der Waals surface area contributed by atoms with E-state index in [1.54, 1.807) is 38.3 Å². The van der Waals surface area contributed by atoms with E-state index >= 15 is 0 Å². The molecule has 0 bridgehead atoms.